The van der Waals surface area contributed by atoms with E-state index in [-0.39, 0.29) is 11.2 Å². The quantitative estimate of drug-likeness (QED) is 0.815. The molecule has 1 aromatic heterocycles. The molecule has 0 amide bonds. The first-order chi connectivity index (χ1) is 9.66. The number of carbonyl (C=O) groups is 1. The van der Waals surface area contributed by atoms with Crippen LogP contribution >= 0.6 is 11.8 Å². The molecule has 0 bridgehead atoms. The lowest BCUT2D eigenvalue weighted by Gasteiger charge is -2.13. The minimum Gasteiger partial charge on any atom is -0.465 e. The number of carbonyl (C=O) groups excluding carboxylic acids is 1. The number of benzene rings is 1. The van der Waals surface area contributed by atoms with E-state index >= 15 is 0 Å². The van der Waals surface area contributed by atoms with Crippen LogP contribution in [0.1, 0.15) is 17.5 Å². The van der Waals surface area contributed by atoms with Crippen LogP contribution in [0.5, 0.6) is 0 Å². The Morgan fingerprint density at radius 1 is 1.40 bits per heavy atom. The summed E-state index contributed by atoms with van der Waals surface area (Å²) in [7, 11) is 0. The fourth-order valence-electron chi connectivity index (χ4n) is 2.27. The molecular formula is C15H16N2O2S. The number of cyclic esters (lactones) is 1. The lowest BCUT2D eigenvalue weighted by molar-refractivity contribution is -0.137. The second-order valence-electron chi connectivity index (χ2n) is 4.86. The van der Waals surface area contributed by atoms with E-state index in [1.807, 2.05) is 16.8 Å². The van der Waals surface area contributed by atoms with E-state index < -0.39 is 0 Å². The van der Waals surface area contributed by atoms with Crippen LogP contribution in [0.3, 0.4) is 0 Å². The average Bonchev–Trinajstić information content (AvgIpc) is 3.04. The highest BCUT2D eigenvalue weighted by molar-refractivity contribution is 8.00. The Kier molecular flexibility index (Phi) is 3.53. The summed E-state index contributed by atoms with van der Waals surface area (Å²) in [5.41, 5.74) is 3.57. The maximum Gasteiger partial charge on any atom is 0.319 e. The van der Waals surface area contributed by atoms with Gasteiger partial charge in [0.05, 0.1) is 12.3 Å². The zero-order chi connectivity index (χ0) is 14.1. The summed E-state index contributed by atoms with van der Waals surface area (Å²) in [5, 5.41) is 0.698. The van der Waals surface area contributed by atoms with Crippen molar-refractivity contribution in [3.05, 3.63) is 41.7 Å². The van der Waals surface area contributed by atoms with Crippen molar-refractivity contribution in [3.8, 4) is 5.69 Å². The van der Waals surface area contributed by atoms with Gasteiger partial charge >= 0.3 is 5.97 Å². The Morgan fingerprint density at radius 2 is 2.25 bits per heavy atom. The van der Waals surface area contributed by atoms with Gasteiger partial charge in [0.2, 0.25) is 0 Å². The number of hydrogen-bond acceptors (Lipinski definition) is 4. The molecule has 1 aliphatic heterocycles. The smallest absolute Gasteiger partial charge is 0.319 e. The van der Waals surface area contributed by atoms with Gasteiger partial charge in [0.25, 0.3) is 0 Å². The Hall–Kier alpha value is -1.75. The summed E-state index contributed by atoms with van der Waals surface area (Å²) in [6.45, 7) is 4.71. The molecule has 0 unspecified atom stereocenters. The number of thioether (sulfide) groups is 1. The van der Waals surface area contributed by atoms with E-state index in [1.54, 1.807) is 6.20 Å². The van der Waals surface area contributed by atoms with Crippen LogP contribution in [0.25, 0.3) is 5.69 Å². The van der Waals surface area contributed by atoms with Crippen molar-refractivity contribution >= 4 is 17.7 Å². The molecule has 104 valence electrons. The fourth-order valence-corrected chi connectivity index (χ4v) is 3.30. The maximum absolute atomic E-state index is 11.6. The van der Waals surface area contributed by atoms with Crippen molar-refractivity contribution in [2.45, 2.75) is 30.7 Å². The number of ether oxygens (including phenoxy) is 1. The molecule has 20 heavy (non-hydrogen) atoms. The molecule has 0 radical (unpaired) electrons. The third-order valence-corrected chi connectivity index (χ3v) is 4.80. The van der Waals surface area contributed by atoms with Gasteiger partial charge in [-0.15, -0.1) is 0 Å². The summed E-state index contributed by atoms with van der Waals surface area (Å²) in [6.07, 6.45) is 4.46. The number of esters is 1. The molecule has 0 N–H and O–H groups in total. The minimum absolute atomic E-state index is 0.134. The van der Waals surface area contributed by atoms with Crippen molar-refractivity contribution in [2.75, 3.05) is 6.61 Å². The van der Waals surface area contributed by atoms with E-state index in [2.05, 4.69) is 31.0 Å². The molecule has 0 saturated carbocycles. The second kappa shape index (κ2) is 5.32. The number of imidazole rings is 1. The standard InChI is InChI=1S/C15H16N2O2S/c1-10-4-3-5-12(11(10)2)17-8-7-16-15(17)20-13-6-9-19-14(13)18/h3-5,7-8,13H,6,9H2,1-2H3/t13-/m0/s1. The summed E-state index contributed by atoms with van der Waals surface area (Å²) >= 11 is 1.48. The van der Waals surface area contributed by atoms with Crippen molar-refractivity contribution in [1.29, 1.82) is 0 Å². The van der Waals surface area contributed by atoms with E-state index in [4.69, 9.17) is 4.74 Å². The Balaban J connectivity index is 1.94. The first-order valence-corrected chi connectivity index (χ1v) is 7.48. The lowest BCUT2D eigenvalue weighted by Crippen LogP contribution is -2.11. The predicted molar refractivity (Wildman–Crippen MR) is 78.3 cm³/mol. The largest absolute Gasteiger partial charge is 0.465 e. The van der Waals surface area contributed by atoms with Gasteiger partial charge < -0.3 is 4.74 Å². The number of aryl methyl sites for hydroxylation is 1. The molecule has 1 atom stereocenters. The van der Waals surface area contributed by atoms with E-state index in [0.717, 1.165) is 17.3 Å². The fraction of sp³-hybridized carbons (Fsp3) is 0.333. The van der Waals surface area contributed by atoms with Gasteiger partial charge in [-0.3, -0.25) is 9.36 Å². The molecule has 0 spiro atoms. The van der Waals surface area contributed by atoms with Crippen molar-refractivity contribution < 1.29 is 9.53 Å². The zero-order valence-corrected chi connectivity index (χ0v) is 12.3. The van der Waals surface area contributed by atoms with Gasteiger partial charge in [0.15, 0.2) is 5.16 Å². The Labute approximate surface area is 122 Å². The van der Waals surface area contributed by atoms with Gasteiger partial charge in [-0.2, -0.15) is 0 Å². The van der Waals surface area contributed by atoms with Crippen LogP contribution in [-0.2, 0) is 9.53 Å². The highest BCUT2D eigenvalue weighted by atomic mass is 32.2. The van der Waals surface area contributed by atoms with Crippen molar-refractivity contribution in [2.24, 2.45) is 0 Å². The number of nitrogens with zero attached hydrogens (tertiary/aromatic N) is 2. The monoisotopic (exact) mass is 288 g/mol. The second-order valence-corrected chi connectivity index (χ2v) is 6.03. The van der Waals surface area contributed by atoms with E-state index in [0.29, 0.717) is 6.61 Å². The summed E-state index contributed by atoms with van der Waals surface area (Å²) in [5.74, 6) is -0.134. The third kappa shape index (κ3) is 2.33. The number of rotatable bonds is 3. The van der Waals surface area contributed by atoms with E-state index in [9.17, 15) is 4.79 Å². The molecule has 1 fully saturated rings. The van der Waals surface area contributed by atoms with Crippen LogP contribution in [0, 0.1) is 13.8 Å². The third-order valence-electron chi connectivity index (χ3n) is 3.58. The first kappa shape index (κ1) is 13.2. The van der Waals surface area contributed by atoms with Crippen LogP contribution in [-0.4, -0.2) is 27.4 Å². The Morgan fingerprint density at radius 3 is 3.00 bits per heavy atom. The minimum atomic E-state index is -0.138. The maximum atomic E-state index is 11.6. The van der Waals surface area contributed by atoms with Crippen LogP contribution in [0.15, 0.2) is 35.7 Å². The lowest BCUT2D eigenvalue weighted by atomic mass is 10.1. The molecule has 1 aromatic carbocycles. The van der Waals surface area contributed by atoms with Crippen LogP contribution in [0.2, 0.25) is 0 Å². The highest BCUT2D eigenvalue weighted by Crippen LogP contribution is 2.31. The Bertz CT molecular complexity index is 651. The van der Waals surface area contributed by atoms with Crippen molar-refractivity contribution in [3.63, 3.8) is 0 Å². The van der Waals surface area contributed by atoms with Gasteiger partial charge in [-0.1, -0.05) is 23.9 Å². The van der Waals surface area contributed by atoms with Gasteiger partial charge in [-0.25, -0.2) is 4.98 Å². The average molecular weight is 288 g/mol. The van der Waals surface area contributed by atoms with Crippen molar-refractivity contribution in [1.82, 2.24) is 9.55 Å². The van der Waals surface area contributed by atoms with Gasteiger partial charge in [-0.05, 0) is 31.0 Å². The van der Waals surface area contributed by atoms with Crippen LogP contribution in [0.4, 0.5) is 0 Å². The predicted octanol–water partition coefficient (Wildman–Crippen LogP) is 2.90. The van der Waals surface area contributed by atoms with E-state index in [1.165, 1.54) is 22.9 Å². The molecule has 4 nitrogen and oxygen atoms in total. The highest BCUT2D eigenvalue weighted by Gasteiger charge is 2.29. The number of hydrogen-bond donors (Lipinski definition) is 0. The molecule has 2 heterocycles. The van der Waals surface area contributed by atoms with Crippen LogP contribution < -0.4 is 0 Å². The molecule has 1 saturated heterocycles. The SMILES string of the molecule is Cc1cccc(-n2ccnc2S[C@H]2CCOC2=O)c1C. The first-order valence-electron chi connectivity index (χ1n) is 6.60. The molecule has 3 rings (SSSR count). The molecular weight excluding hydrogens is 272 g/mol. The topological polar surface area (TPSA) is 44.1 Å². The zero-order valence-electron chi connectivity index (χ0n) is 11.5. The summed E-state index contributed by atoms with van der Waals surface area (Å²) < 4.78 is 7.05. The molecule has 5 heteroatoms. The molecule has 1 aliphatic rings. The summed E-state index contributed by atoms with van der Waals surface area (Å²) in [6, 6.07) is 6.20. The normalized spacial score (nSPS) is 18.3. The molecule has 2 aromatic rings. The number of aromatic nitrogens is 2. The van der Waals surface area contributed by atoms with Gasteiger partial charge in [0.1, 0.15) is 5.25 Å². The van der Waals surface area contributed by atoms with Gasteiger partial charge in [0, 0.05) is 18.8 Å². The molecule has 0 aliphatic carbocycles. The summed E-state index contributed by atoms with van der Waals surface area (Å²) in [4.78, 5) is 16.0.